The summed E-state index contributed by atoms with van der Waals surface area (Å²) in [5.74, 6) is 1.27. The topological polar surface area (TPSA) is 52.2 Å². The summed E-state index contributed by atoms with van der Waals surface area (Å²) in [5, 5.41) is 20.1. The highest BCUT2D eigenvalue weighted by Crippen LogP contribution is 2.22. The van der Waals surface area contributed by atoms with Gasteiger partial charge in [-0.25, -0.2) is 10.4 Å². The van der Waals surface area contributed by atoms with Crippen molar-refractivity contribution in [2.24, 2.45) is 11.8 Å². The molecule has 4 nitrogen and oxygen atoms in total. The zero-order valence-electron chi connectivity index (χ0n) is 11.8. The molecule has 0 amide bonds. The minimum absolute atomic E-state index is 0.0715. The summed E-state index contributed by atoms with van der Waals surface area (Å²) in [6.07, 6.45) is 6.98. The molecule has 3 N–H and O–H groups in total. The van der Waals surface area contributed by atoms with Crippen LogP contribution in [-0.2, 0) is 0 Å². The maximum atomic E-state index is 11.3. The van der Waals surface area contributed by atoms with Crippen LogP contribution in [0.25, 0.3) is 0 Å². The first-order valence-electron chi connectivity index (χ1n) is 7.65. The maximum Gasteiger partial charge on any atom is 0.125 e. The molecule has 0 aromatic heterocycles. The van der Waals surface area contributed by atoms with Gasteiger partial charge in [-0.1, -0.05) is 13.3 Å². The Bertz CT molecular complexity index is 260. The summed E-state index contributed by atoms with van der Waals surface area (Å²) in [6, 6.07) is 0.642. The van der Waals surface area contributed by atoms with Crippen LogP contribution in [-0.4, -0.2) is 30.4 Å². The molecule has 0 aromatic rings. The number of nitrogens with one attached hydrogen (secondary N) is 2. The molecule has 0 spiro atoms. The first kappa shape index (κ1) is 14.3. The fourth-order valence-corrected chi connectivity index (χ4v) is 3.98. The summed E-state index contributed by atoms with van der Waals surface area (Å²) in [7, 11) is 0. The second kappa shape index (κ2) is 6.33. The highest BCUT2D eigenvalue weighted by atomic mass is 16.8. The largest absolute Gasteiger partial charge is 0.600 e. The van der Waals surface area contributed by atoms with E-state index < -0.39 is 5.23 Å². The van der Waals surface area contributed by atoms with E-state index in [1.54, 1.807) is 4.90 Å². The molecule has 18 heavy (non-hydrogen) atoms. The van der Waals surface area contributed by atoms with Crippen molar-refractivity contribution < 1.29 is 15.3 Å². The smallest absolute Gasteiger partial charge is 0.125 e. The van der Waals surface area contributed by atoms with Crippen LogP contribution >= 0.6 is 0 Å². The van der Waals surface area contributed by atoms with E-state index in [9.17, 15) is 10.4 Å². The van der Waals surface area contributed by atoms with Crippen LogP contribution in [0.1, 0.15) is 52.4 Å². The van der Waals surface area contributed by atoms with Crippen molar-refractivity contribution in [1.82, 2.24) is 0 Å². The zero-order valence-corrected chi connectivity index (χ0v) is 11.8. The Kier molecular flexibility index (Phi) is 5.01. The number of rotatable bonds is 3. The lowest BCUT2D eigenvalue weighted by Gasteiger charge is -2.39. The Balaban J connectivity index is 1.90. The molecule has 1 aliphatic carbocycles. The highest BCUT2D eigenvalue weighted by molar-refractivity contribution is 4.75. The Labute approximate surface area is 110 Å². The Morgan fingerprint density at radius 1 is 1.22 bits per heavy atom. The molecule has 6 atom stereocenters. The first-order valence-corrected chi connectivity index (χ1v) is 7.65. The molecule has 6 unspecified atom stereocenters. The van der Waals surface area contributed by atoms with Gasteiger partial charge < -0.3 is 10.1 Å². The number of quaternary nitrogens is 2. The summed E-state index contributed by atoms with van der Waals surface area (Å²) < 4.78 is 0. The second-order valence-electron chi connectivity index (χ2n) is 6.63. The molecule has 1 heterocycles. The van der Waals surface area contributed by atoms with Crippen molar-refractivity contribution in [3.05, 3.63) is 5.21 Å². The normalized spacial score (nSPS) is 43.7. The predicted molar refractivity (Wildman–Crippen MR) is 70.4 cm³/mol. The molecule has 2 aliphatic rings. The van der Waals surface area contributed by atoms with Crippen molar-refractivity contribution in [2.75, 3.05) is 13.1 Å². The van der Waals surface area contributed by atoms with Gasteiger partial charge in [-0.05, 0) is 32.1 Å². The van der Waals surface area contributed by atoms with Gasteiger partial charge in [-0.15, -0.1) is 0 Å². The third kappa shape index (κ3) is 3.44. The molecule has 1 aliphatic heterocycles. The van der Waals surface area contributed by atoms with Crippen LogP contribution < -0.4 is 10.1 Å². The van der Waals surface area contributed by atoms with Crippen molar-refractivity contribution in [1.29, 1.82) is 0 Å². The quantitative estimate of drug-likeness (QED) is 0.624. The fraction of sp³-hybridized carbons (Fsp3) is 1.00. The molecule has 0 radical (unpaired) electrons. The van der Waals surface area contributed by atoms with E-state index in [2.05, 4.69) is 13.8 Å². The lowest BCUT2D eigenvalue weighted by atomic mass is 9.83. The van der Waals surface area contributed by atoms with Crippen LogP contribution in [0.2, 0.25) is 0 Å². The van der Waals surface area contributed by atoms with E-state index in [1.165, 1.54) is 25.8 Å². The van der Waals surface area contributed by atoms with Crippen LogP contribution in [0.3, 0.4) is 0 Å². The minimum Gasteiger partial charge on any atom is -0.600 e. The second-order valence-corrected chi connectivity index (χ2v) is 6.63. The average molecular weight is 257 g/mol. The zero-order chi connectivity index (χ0) is 13.1. The number of hydroxylamine groups is 2. The van der Waals surface area contributed by atoms with E-state index in [1.807, 2.05) is 0 Å². The lowest BCUT2D eigenvalue weighted by Crippen LogP contribution is -3.18. The van der Waals surface area contributed by atoms with Crippen molar-refractivity contribution in [3.8, 4) is 0 Å². The SMILES string of the molecule is CC1CC[NH+](CC2CCCCC2[NH+]([O-])O)C(C)C1. The molecule has 2 rings (SSSR count). The lowest BCUT2D eigenvalue weighted by molar-refractivity contribution is -1.07. The van der Waals surface area contributed by atoms with Gasteiger partial charge in [0, 0.05) is 12.8 Å². The third-order valence-electron chi connectivity index (χ3n) is 5.16. The van der Waals surface area contributed by atoms with E-state index in [-0.39, 0.29) is 6.04 Å². The summed E-state index contributed by atoms with van der Waals surface area (Å²) in [6.45, 7) is 7.01. The van der Waals surface area contributed by atoms with Gasteiger partial charge in [0.25, 0.3) is 0 Å². The Hall–Kier alpha value is -0.160. The Morgan fingerprint density at radius 3 is 2.61 bits per heavy atom. The molecule has 4 heteroatoms. The van der Waals surface area contributed by atoms with Gasteiger partial charge in [0.05, 0.1) is 25.0 Å². The van der Waals surface area contributed by atoms with Crippen LogP contribution in [0, 0.1) is 17.0 Å². The van der Waals surface area contributed by atoms with Crippen LogP contribution in [0.5, 0.6) is 0 Å². The number of likely N-dealkylation sites (tertiary alicyclic amines) is 1. The van der Waals surface area contributed by atoms with Gasteiger partial charge in [-0.2, -0.15) is 0 Å². The van der Waals surface area contributed by atoms with E-state index in [0.29, 0.717) is 12.0 Å². The monoisotopic (exact) mass is 257 g/mol. The van der Waals surface area contributed by atoms with Crippen LogP contribution in [0.4, 0.5) is 0 Å². The van der Waals surface area contributed by atoms with E-state index in [0.717, 1.165) is 31.7 Å². The maximum absolute atomic E-state index is 11.3. The van der Waals surface area contributed by atoms with Gasteiger partial charge in [-0.3, -0.25) is 0 Å². The van der Waals surface area contributed by atoms with Gasteiger partial charge in [0.2, 0.25) is 0 Å². The van der Waals surface area contributed by atoms with Gasteiger partial charge in [0.15, 0.2) is 0 Å². The highest BCUT2D eigenvalue weighted by Gasteiger charge is 2.36. The van der Waals surface area contributed by atoms with Crippen LogP contribution in [0.15, 0.2) is 0 Å². The van der Waals surface area contributed by atoms with Crippen molar-refractivity contribution in [2.45, 2.75) is 64.5 Å². The summed E-state index contributed by atoms with van der Waals surface area (Å²) in [4.78, 5) is 1.66. The molecule has 106 valence electrons. The average Bonchev–Trinajstić information content (AvgIpc) is 2.33. The summed E-state index contributed by atoms with van der Waals surface area (Å²) >= 11 is 0. The van der Waals surface area contributed by atoms with Crippen molar-refractivity contribution >= 4 is 0 Å². The number of hydrogen-bond acceptors (Lipinski definition) is 2. The fourth-order valence-electron chi connectivity index (χ4n) is 3.98. The molecule has 2 fully saturated rings. The summed E-state index contributed by atoms with van der Waals surface area (Å²) in [5.41, 5.74) is 0. The third-order valence-corrected chi connectivity index (χ3v) is 5.16. The molecule has 1 saturated carbocycles. The van der Waals surface area contributed by atoms with Gasteiger partial charge >= 0.3 is 0 Å². The molecule has 1 saturated heterocycles. The first-order chi connectivity index (χ1) is 8.58. The predicted octanol–water partition coefficient (Wildman–Crippen LogP) is 0.0204. The molecular formula is C14H29N2O2+. The Morgan fingerprint density at radius 2 is 1.94 bits per heavy atom. The molecule has 0 bridgehead atoms. The molecular weight excluding hydrogens is 228 g/mol. The van der Waals surface area contributed by atoms with Gasteiger partial charge in [0.1, 0.15) is 6.04 Å². The standard InChI is InChI=1S/C14H28N2O2/c1-11-7-8-15(12(2)9-11)10-13-5-3-4-6-14(13)16(17)18/h11-14,16-17H,3-10H2,1-2H3/p+1. The number of piperidine rings is 1. The van der Waals surface area contributed by atoms with E-state index >= 15 is 0 Å². The molecule has 0 aromatic carbocycles. The van der Waals surface area contributed by atoms with Crippen molar-refractivity contribution in [3.63, 3.8) is 0 Å². The van der Waals surface area contributed by atoms with E-state index in [4.69, 9.17) is 0 Å². The number of hydrogen-bond donors (Lipinski definition) is 3. The minimum atomic E-state index is -0.558.